The molecule has 2 heterocycles. The minimum Gasteiger partial charge on any atom is -0.252 e. The zero-order chi connectivity index (χ0) is 39.2. The number of rotatable bonds is 5. The van der Waals surface area contributed by atoms with Gasteiger partial charge in [-0.05, 0) is 80.9 Å². The molecular formula is C54H42N4. The lowest BCUT2D eigenvalue weighted by Gasteiger charge is -2.24. The van der Waals surface area contributed by atoms with E-state index in [1.807, 2.05) is 26.2 Å². The van der Waals surface area contributed by atoms with Gasteiger partial charge < -0.3 is 0 Å². The SMILES string of the molecule is CC.CCC1CC=Cc2c1c1ccccc1c1ncc(-c3cccc(-c4cccc(-c5cccc(-c6cnc7c8ccccc8c8ccccc8c7n6)c5)c4)c3)nc21. The first kappa shape index (κ1) is 35.4. The van der Waals surface area contributed by atoms with E-state index in [2.05, 4.69) is 165 Å². The quantitative estimate of drug-likeness (QED) is 0.165. The summed E-state index contributed by atoms with van der Waals surface area (Å²) in [7, 11) is 0. The zero-order valence-corrected chi connectivity index (χ0v) is 32.9. The van der Waals surface area contributed by atoms with Crippen LogP contribution in [0, 0.1) is 0 Å². The average molecular weight is 747 g/mol. The third kappa shape index (κ3) is 5.92. The lowest BCUT2D eigenvalue weighted by molar-refractivity contribution is 0.674. The monoisotopic (exact) mass is 746 g/mol. The Labute approximate surface area is 338 Å². The van der Waals surface area contributed by atoms with Gasteiger partial charge in [0.1, 0.15) is 0 Å². The molecule has 58 heavy (non-hydrogen) atoms. The van der Waals surface area contributed by atoms with Crippen LogP contribution in [0.4, 0.5) is 0 Å². The van der Waals surface area contributed by atoms with E-state index < -0.39 is 0 Å². The molecule has 1 unspecified atom stereocenters. The van der Waals surface area contributed by atoms with E-state index in [0.29, 0.717) is 5.92 Å². The van der Waals surface area contributed by atoms with Gasteiger partial charge >= 0.3 is 0 Å². The van der Waals surface area contributed by atoms with E-state index in [4.69, 9.17) is 19.9 Å². The number of aromatic nitrogens is 4. The highest BCUT2D eigenvalue weighted by Gasteiger charge is 2.23. The summed E-state index contributed by atoms with van der Waals surface area (Å²) in [6.07, 6.45) is 10.6. The molecule has 0 fully saturated rings. The first-order valence-corrected chi connectivity index (χ1v) is 20.5. The molecule has 0 radical (unpaired) electrons. The van der Waals surface area contributed by atoms with E-state index >= 15 is 0 Å². The summed E-state index contributed by atoms with van der Waals surface area (Å²) in [6, 6.07) is 51.7. The molecule has 0 bridgehead atoms. The van der Waals surface area contributed by atoms with Crippen LogP contribution in [0.1, 0.15) is 50.7 Å². The molecule has 0 spiro atoms. The number of hydrogen-bond donors (Lipinski definition) is 0. The fourth-order valence-corrected chi connectivity index (χ4v) is 8.91. The maximum absolute atomic E-state index is 5.34. The molecule has 10 aromatic rings. The van der Waals surface area contributed by atoms with E-state index in [9.17, 15) is 0 Å². The van der Waals surface area contributed by atoms with Crippen LogP contribution in [0.3, 0.4) is 0 Å². The molecule has 4 heteroatoms. The van der Waals surface area contributed by atoms with E-state index in [0.717, 1.165) is 90.4 Å². The van der Waals surface area contributed by atoms with E-state index in [-0.39, 0.29) is 0 Å². The van der Waals surface area contributed by atoms with Gasteiger partial charge in [0.05, 0.1) is 45.8 Å². The Morgan fingerprint density at radius 1 is 0.448 bits per heavy atom. The van der Waals surface area contributed by atoms with Gasteiger partial charge in [0.2, 0.25) is 0 Å². The second-order valence-corrected chi connectivity index (χ2v) is 14.9. The normalized spacial score (nSPS) is 13.5. The second kappa shape index (κ2) is 14.8. The van der Waals surface area contributed by atoms with Crippen molar-refractivity contribution in [3.8, 4) is 44.8 Å². The van der Waals surface area contributed by atoms with Gasteiger partial charge in [-0.2, -0.15) is 0 Å². The Bertz CT molecular complexity index is 3200. The van der Waals surface area contributed by atoms with Crippen LogP contribution in [0.15, 0.2) is 164 Å². The van der Waals surface area contributed by atoms with Crippen molar-refractivity contribution >= 4 is 60.5 Å². The van der Waals surface area contributed by atoms with Gasteiger partial charge in [-0.1, -0.05) is 160 Å². The summed E-state index contributed by atoms with van der Waals surface area (Å²) in [4.78, 5) is 20.7. The largest absolute Gasteiger partial charge is 0.252 e. The maximum atomic E-state index is 5.34. The van der Waals surface area contributed by atoms with Crippen LogP contribution in [0.2, 0.25) is 0 Å². The minimum atomic E-state index is 0.479. The number of fused-ring (bicyclic) bond motifs is 12. The van der Waals surface area contributed by atoms with Crippen molar-refractivity contribution in [3.05, 3.63) is 175 Å². The van der Waals surface area contributed by atoms with Gasteiger partial charge in [0.25, 0.3) is 0 Å². The zero-order valence-electron chi connectivity index (χ0n) is 32.9. The Morgan fingerprint density at radius 3 is 1.40 bits per heavy atom. The van der Waals surface area contributed by atoms with Crippen molar-refractivity contribution in [1.82, 2.24) is 19.9 Å². The Balaban J connectivity index is 0.00000201. The lowest BCUT2D eigenvalue weighted by atomic mass is 9.81. The highest BCUT2D eigenvalue weighted by atomic mass is 14.8. The van der Waals surface area contributed by atoms with Crippen LogP contribution >= 0.6 is 0 Å². The van der Waals surface area contributed by atoms with Gasteiger partial charge in [-0.3, -0.25) is 9.97 Å². The van der Waals surface area contributed by atoms with Crippen LogP contribution in [0.25, 0.3) is 105 Å². The fraction of sp³-hybridized carbons (Fsp3) is 0.111. The maximum Gasteiger partial charge on any atom is 0.0979 e. The molecule has 1 aliphatic carbocycles. The molecule has 1 aliphatic rings. The molecule has 2 aromatic heterocycles. The Kier molecular flexibility index (Phi) is 9.03. The van der Waals surface area contributed by atoms with Gasteiger partial charge in [-0.25, -0.2) is 9.97 Å². The summed E-state index contributed by atoms with van der Waals surface area (Å²) in [6.45, 7) is 6.29. The van der Waals surface area contributed by atoms with Gasteiger partial charge in [0, 0.05) is 32.8 Å². The molecule has 11 rings (SSSR count). The minimum absolute atomic E-state index is 0.479. The van der Waals surface area contributed by atoms with Crippen molar-refractivity contribution in [2.45, 2.75) is 39.5 Å². The number of nitrogens with zero attached hydrogens (tertiary/aromatic N) is 4. The third-order valence-electron chi connectivity index (χ3n) is 11.7. The summed E-state index contributed by atoms with van der Waals surface area (Å²) < 4.78 is 0. The molecular weight excluding hydrogens is 705 g/mol. The summed E-state index contributed by atoms with van der Waals surface area (Å²) in [5.74, 6) is 0.479. The van der Waals surface area contributed by atoms with Crippen molar-refractivity contribution < 1.29 is 0 Å². The first-order valence-electron chi connectivity index (χ1n) is 20.5. The number of benzene rings is 8. The summed E-state index contributed by atoms with van der Waals surface area (Å²) in [5, 5.41) is 7.11. The molecule has 278 valence electrons. The van der Waals surface area contributed by atoms with Gasteiger partial charge in [-0.15, -0.1) is 0 Å². The lowest BCUT2D eigenvalue weighted by Crippen LogP contribution is -2.06. The van der Waals surface area contributed by atoms with Crippen LogP contribution in [-0.2, 0) is 0 Å². The average Bonchev–Trinajstić information content (AvgIpc) is 3.32. The smallest absolute Gasteiger partial charge is 0.0979 e. The molecule has 0 saturated carbocycles. The number of hydrogen-bond acceptors (Lipinski definition) is 4. The van der Waals surface area contributed by atoms with Crippen LogP contribution in [0.5, 0.6) is 0 Å². The topological polar surface area (TPSA) is 51.6 Å². The second-order valence-electron chi connectivity index (χ2n) is 14.9. The predicted molar refractivity (Wildman–Crippen MR) is 245 cm³/mol. The standard InChI is InChI=1S/C52H36N4.C2H6/c1-2-32-13-12-26-45-48(32)41-22-5-8-25-44(41)50-52(45)56-47(31-54-50)38-19-11-17-36(29-38)34-15-9-14-33(27-34)35-16-10-18-37(28-35)46-30-53-49-42-23-6-3-20-39(42)40-21-4-7-24-43(40)51(49)55-46;1-2/h3-12,14-32H,2,13H2,1H3;1-2H3. The van der Waals surface area contributed by atoms with Crippen LogP contribution < -0.4 is 0 Å². The van der Waals surface area contributed by atoms with Crippen molar-refractivity contribution in [3.63, 3.8) is 0 Å². The highest BCUT2D eigenvalue weighted by molar-refractivity contribution is 6.23. The van der Waals surface area contributed by atoms with Crippen LogP contribution in [-0.4, -0.2) is 19.9 Å². The third-order valence-corrected chi connectivity index (χ3v) is 11.7. The number of allylic oxidation sites excluding steroid dienone is 1. The fourth-order valence-electron chi connectivity index (χ4n) is 8.91. The van der Waals surface area contributed by atoms with E-state index in [1.165, 1.54) is 32.7 Å². The predicted octanol–water partition coefficient (Wildman–Crippen LogP) is 14.6. The molecule has 8 aromatic carbocycles. The first-order chi connectivity index (χ1) is 28.7. The van der Waals surface area contributed by atoms with E-state index in [1.54, 1.807) is 0 Å². The van der Waals surface area contributed by atoms with Gasteiger partial charge in [0.15, 0.2) is 0 Å². The Hall–Kier alpha value is -7.04. The molecule has 0 aliphatic heterocycles. The molecule has 1 atom stereocenters. The molecule has 0 N–H and O–H groups in total. The van der Waals surface area contributed by atoms with Crippen molar-refractivity contribution in [1.29, 1.82) is 0 Å². The Morgan fingerprint density at radius 2 is 0.862 bits per heavy atom. The summed E-state index contributed by atoms with van der Waals surface area (Å²) >= 11 is 0. The molecule has 4 nitrogen and oxygen atoms in total. The van der Waals surface area contributed by atoms with Crippen molar-refractivity contribution in [2.24, 2.45) is 0 Å². The molecule has 0 amide bonds. The van der Waals surface area contributed by atoms with Crippen molar-refractivity contribution in [2.75, 3.05) is 0 Å². The summed E-state index contributed by atoms with van der Waals surface area (Å²) in [5.41, 5.74) is 14.8. The molecule has 0 saturated heterocycles. The highest BCUT2D eigenvalue weighted by Crippen LogP contribution is 2.42.